The molecule has 100 valence electrons. The lowest BCUT2D eigenvalue weighted by atomic mass is 10.2. The Labute approximate surface area is 120 Å². The van der Waals surface area contributed by atoms with Crippen molar-refractivity contribution < 1.29 is 9.53 Å². The van der Waals surface area contributed by atoms with Crippen molar-refractivity contribution in [3.05, 3.63) is 44.4 Å². The number of esters is 1. The van der Waals surface area contributed by atoms with Crippen molar-refractivity contribution in [3.8, 4) is 0 Å². The highest BCUT2D eigenvalue weighted by molar-refractivity contribution is 7.11. The summed E-state index contributed by atoms with van der Waals surface area (Å²) in [5.74, 6) is -0.436. The zero-order chi connectivity index (χ0) is 14.0. The summed E-state index contributed by atoms with van der Waals surface area (Å²) < 4.78 is 5.19. The Balaban J connectivity index is 2.03. The first-order valence-corrected chi connectivity index (χ1v) is 6.82. The molecule has 1 aromatic carbocycles. The number of aryl methyl sites for hydroxylation is 2. The molecule has 0 amide bonds. The van der Waals surface area contributed by atoms with Crippen molar-refractivity contribution >= 4 is 34.6 Å². The SMILES string of the molecule is Cc1nc(COC(=O)c2ccc(Cl)c(N)c2)sc1C. The highest BCUT2D eigenvalue weighted by atomic mass is 35.5. The average Bonchev–Trinajstić information content (AvgIpc) is 2.69. The number of nitrogens with zero attached hydrogens (tertiary/aromatic N) is 1. The zero-order valence-electron chi connectivity index (χ0n) is 10.6. The summed E-state index contributed by atoms with van der Waals surface area (Å²) in [6, 6.07) is 4.66. The molecular weight excluding hydrogens is 284 g/mol. The number of aromatic nitrogens is 1. The number of nitrogen functional groups attached to an aromatic ring is 1. The van der Waals surface area contributed by atoms with Gasteiger partial charge in [-0.2, -0.15) is 0 Å². The fourth-order valence-electron chi connectivity index (χ4n) is 1.48. The van der Waals surface area contributed by atoms with Gasteiger partial charge in [0.2, 0.25) is 0 Å². The second-order valence-electron chi connectivity index (χ2n) is 4.06. The van der Waals surface area contributed by atoms with E-state index in [-0.39, 0.29) is 6.61 Å². The lowest BCUT2D eigenvalue weighted by Gasteiger charge is -2.04. The molecule has 2 rings (SSSR count). The Hall–Kier alpha value is -1.59. The third-order valence-corrected chi connectivity index (χ3v) is 4.02. The predicted molar refractivity (Wildman–Crippen MR) is 76.6 cm³/mol. The van der Waals surface area contributed by atoms with Gasteiger partial charge >= 0.3 is 5.97 Å². The molecule has 0 radical (unpaired) electrons. The molecule has 2 N–H and O–H groups in total. The van der Waals surface area contributed by atoms with Crippen LogP contribution in [0.2, 0.25) is 5.02 Å². The molecule has 0 fully saturated rings. The second-order valence-corrected chi connectivity index (χ2v) is 5.76. The summed E-state index contributed by atoms with van der Waals surface area (Å²) in [5, 5.41) is 1.20. The van der Waals surface area contributed by atoms with Crippen LogP contribution in [-0.4, -0.2) is 11.0 Å². The molecule has 0 aliphatic carbocycles. The number of benzene rings is 1. The quantitative estimate of drug-likeness (QED) is 0.697. The normalized spacial score (nSPS) is 10.5. The first-order valence-electron chi connectivity index (χ1n) is 5.62. The number of carbonyl (C=O) groups excluding carboxylic acids is 1. The fourth-order valence-corrected chi connectivity index (χ4v) is 2.45. The lowest BCUT2D eigenvalue weighted by molar-refractivity contribution is 0.0472. The molecule has 0 saturated heterocycles. The van der Waals surface area contributed by atoms with Gasteiger partial charge in [-0.3, -0.25) is 0 Å². The van der Waals surface area contributed by atoms with Crippen LogP contribution in [0.5, 0.6) is 0 Å². The summed E-state index contributed by atoms with van der Waals surface area (Å²) in [6.07, 6.45) is 0. The summed E-state index contributed by atoms with van der Waals surface area (Å²) >= 11 is 7.32. The summed E-state index contributed by atoms with van der Waals surface area (Å²) in [4.78, 5) is 17.3. The highest BCUT2D eigenvalue weighted by Gasteiger charge is 2.11. The molecule has 0 aliphatic rings. The first kappa shape index (κ1) is 13.8. The number of nitrogens with two attached hydrogens (primary N) is 1. The van der Waals surface area contributed by atoms with Crippen LogP contribution in [0, 0.1) is 13.8 Å². The number of ether oxygens (including phenoxy) is 1. The monoisotopic (exact) mass is 296 g/mol. The molecular formula is C13H13ClN2O2S. The van der Waals surface area contributed by atoms with E-state index in [2.05, 4.69) is 4.98 Å². The zero-order valence-corrected chi connectivity index (χ0v) is 12.1. The Morgan fingerprint density at radius 2 is 2.21 bits per heavy atom. The molecule has 0 spiro atoms. The van der Waals surface area contributed by atoms with Gasteiger partial charge < -0.3 is 10.5 Å². The molecule has 0 atom stereocenters. The van der Waals surface area contributed by atoms with Gasteiger partial charge in [0, 0.05) is 4.88 Å². The van der Waals surface area contributed by atoms with E-state index >= 15 is 0 Å². The van der Waals surface area contributed by atoms with Crippen molar-refractivity contribution in [3.63, 3.8) is 0 Å². The number of carbonyl (C=O) groups is 1. The van der Waals surface area contributed by atoms with Crippen molar-refractivity contribution in [1.82, 2.24) is 4.98 Å². The number of hydrogen-bond acceptors (Lipinski definition) is 5. The molecule has 0 aliphatic heterocycles. The molecule has 1 aromatic heterocycles. The van der Waals surface area contributed by atoms with E-state index < -0.39 is 5.97 Å². The first-order chi connectivity index (χ1) is 8.97. The third kappa shape index (κ3) is 3.24. The van der Waals surface area contributed by atoms with E-state index in [1.54, 1.807) is 12.1 Å². The molecule has 4 nitrogen and oxygen atoms in total. The minimum absolute atomic E-state index is 0.167. The molecule has 0 unspecified atom stereocenters. The van der Waals surface area contributed by atoms with Crippen LogP contribution in [0.25, 0.3) is 0 Å². The van der Waals surface area contributed by atoms with Crippen LogP contribution >= 0.6 is 22.9 Å². The summed E-state index contributed by atoms with van der Waals surface area (Å²) in [5.41, 5.74) is 7.34. The third-order valence-electron chi connectivity index (χ3n) is 2.63. The Kier molecular flexibility index (Phi) is 4.07. The van der Waals surface area contributed by atoms with Crippen molar-refractivity contribution in [2.45, 2.75) is 20.5 Å². The minimum Gasteiger partial charge on any atom is -0.455 e. The van der Waals surface area contributed by atoms with Crippen LogP contribution < -0.4 is 5.73 Å². The van der Waals surface area contributed by atoms with Gasteiger partial charge in [0.15, 0.2) is 0 Å². The summed E-state index contributed by atoms with van der Waals surface area (Å²) in [6.45, 7) is 4.08. The highest BCUT2D eigenvalue weighted by Crippen LogP contribution is 2.21. The van der Waals surface area contributed by atoms with Gasteiger partial charge in [-0.15, -0.1) is 11.3 Å². The Morgan fingerprint density at radius 3 is 2.79 bits per heavy atom. The number of halogens is 1. The average molecular weight is 297 g/mol. The molecule has 2 aromatic rings. The maximum Gasteiger partial charge on any atom is 0.338 e. The van der Waals surface area contributed by atoms with Crippen LogP contribution in [0.15, 0.2) is 18.2 Å². The van der Waals surface area contributed by atoms with Gasteiger partial charge in [-0.05, 0) is 32.0 Å². The van der Waals surface area contributed by atoms with E-state index in [0.717, 1.165) is 15.6 Å². The summed E-state index contributed by atoms with van der Waals surface area (Å²) in [7, 11) is 0. The molecule has 0 saturated carbocycles. The molecule has 19 heavy (non-hydrogen) atoms. The Bertz CT molecular complexity index is 606. The minimum atomic E-state index is -0.436. The van der Waals surface area contributed by atoms with Crippen LogP contribution in [-0.2, 0) is 11.3 Å². The van der Waals surface area contributed by atoms with Gasteiger partial charge in [0.05, 0.1) is 22.0 Å². The number of thiazole rings is 1. The lowest BCUT2D eigenvalue weighted by Crippen LogP contribution is -2.05. The van der Waals surface area contributed by atoms with E-state index in [9.17, 15) is 4.79 Å². The van der Waals surface area contributed by atoms with Crippen molar-refractivity contribution in [1.29, 1.82) is 0 Å². The van der Waals surface area contributed by atoms with Crippen LogP contribution in [0.1, 0.15) is 25.9 Å². The van der Waals surface area contributed by atoms with E-state index in [0.29, 0.717) is 16.3 Å². The van der Waals surface area contributed by atoms with Crippen molar-refractivity contribution in [2.24, 2.45) is 0 Å². The largest absolute Gasteiger partial charge is 0.455 e. The van der Waals surface area contributed by atoms with Gasteiger partial charge in [0.1, 0.15) is 11.6 Å². The van der Waals surface area contributed by atoms with Gasteiger partial charge in [-0.25, -0.2) is 9.78 Å². The van der Waals surface area contributed by atoms with Crippen LogP contribution in [0.4, 0.5) is 5.69 Å². The standard InChI is InChI=1S/C13H13ClN2O2S/c1-7-8(2)19-12(16-7)6-18-13(17)9-3-4-10(14)11(15)5-9/h3-5H,6,15H2,1-2H3. The number of anilines is 1. The maximum absolute atomic E-state index is 11.8. The fraction of sp³-hybridized carbons (Fsp3) is 0.231. The van der Waals surface area contributed by atoms with Gasteiger partial charge in [-0.1, -0.05) is 11.6 Å². The smallest absolute Gasteiger partial charge is 0.338 e. The number of rotatable bonds is 3. The van der Waals surface area contributed by atoms with Crippen molar-refractivity contribution in [2.75, 3.05) is 5.73 Å². The topological polar surface area (TPSA) is 65.2 Å². The van der Waals surface area contributed by atoms with Crippen LogP contribution in [0.3, 0.4) is 0 Å². The predicted octanol–water partition coefficient (Wildman–Crippen LogP) is 3.35. The second kappa shape index (κ2) is 5.59. The number of hydrogen-bond donors (Lipinski definition) is 1. The maximum atomic E-state index is 11.8. The molecule has 0 bridgehead atoms. The van der Waals surface area contributed by atoms with Gasteiger partial charge in [0.25, 0.3) is 0 Å². The molecule has 1 heterocycles. The van der Waals surface area contributed by atoms with E-state index in [4.69, 9.17) is 22.1 Å². The molecule has 6 heteroatoms. The Morgan fingerprint density at radius 1 is 1.47 bits per heavy atom. The van der Waals surface area contributed by atoms with E-state index in [1.165, 1.54) is 17.4 Å². The van der Waals surface area contributed by atoms with E-state index in [1.807, 2.05) is 13.8 Å².